The number of hydrogen-bond donors (Lipinski definition) is 1. The maximum Gasteiger partial charge on any atom is 0.120 e. The van der Waals surface area contributed by atoms with Crippen LogP contribution in [0.3, 0.4) is 0 Å². The van der Waals surface area contributed by atoms with E-state index in [2.05, 4.69) is 48.9 Å². The molecule has 1 fully saturated rings. The van der Waals surface area contributed by atoms with Gasteiger partial charge in [-0.05, 0) is 38.9 Å². The SMILES string of the molecule is CCNCc1oc(CN2CCN(C(C)C)CC2)cc1C. The van der Waals surface area contributed by atoms with Crippen molar-refractivity contribution >= 4 is 0 Å². The molecule has 0 spiro atoms. The molecular weight excluding hydrogens is 250 g/mol. The summed E-state index contributed by atoms with van der Waals surface area (Å²) in [6.07, 6.45) is 0. The molecule has 4 heteroatoms. The van der Waals surface area contributed by atoms with Gasteiger partial charge in [0.15, 0.2) is 0 Å². The van der Waals surface area contributed by atoms with E-state index < -0.39 is 0 Å². The molecule has 1 aliphatic rings. The van der Waals surface area contributed by atoms with E-state index in [0.29, 0.717) is 6.04 Å². The summed E-state index contributed by atoms with van der Waals surface area (Å²) in [5.74, 6) is 2.19. The second-order valence-corrected chi connectivity index (χ2v) is 6.01. The highest BCUT2D eigenvalue weighted by Gasteiger charge is 2.20. The summed E-state index contributed by atoms with van der Waals surface area (Å²) in [7, 11) is 0. The number of nitrogens with one attached hydrogen (secondary N) is 1. The molecule has 0 unspecified atom stereocenters. The molecule has 2 rings (SSSR count). The lowest BCUT2D eigenvalue weighted by Gasteiger charge is -2.36. The van der Waals surface area contributed by atoms with Crippen molar-refractivity contribution in [1.82, 2.24) is 15.1 Å². The Morgan fingerprint density at radius 3 is 2.55 bits per heavy atom. The Balaban J connectivity index is 1.85. The quantitative estimate of drug-likeness (QED) is 0.865. The molecule has 0 amide bonds. The zero-order valence-electron chi connectivity index (χ0n) is 13.4. The molecule has 1 aromatic rings. The first-order chi connectivity index (χ1) is 9.60. The lowest BCUT2D eigenvalue weighted by molar-refractivity contribution is 0.0987. The zero-order chi connectivity index (χ0) is 14.5. The summed E-state index contributed by atoms with van der Waals surface area (Å²) in [5.41, 5.74) is 1.27. The van der Waals surface area contributed by atoms with Crippen LogP contribution in [0.2, 0.25) is 0 Å². The summed E-state index contributed by atoms with van der Waals surface area (Å²) in [5, 5.41) is 3.33. The number of furan rings is 1. The molecule has 114 valence electrons. The monoisotopic (exact) mass is 279 g/mol. The van der Waals surface area contributed by atoms with Crippen molar-refractivity contribution in [3.05, 3.63) is 23.2 Å². The van der Waals surface area contributed by atoms with Crippen LogP contribution in [0.1, 0.15) is 37.9 Å². The molecular formula is C16H29N3O. The molecule has 4 nitrogen and oxygen atoms in total. The number of aryl methyl sites for hydroxylation is 1. The van der Waals surface area contributed by atoms with Crippen LogP contribution in [-0.2, 0) is 13.1 Å². The Kier molecular flexibility index (Phi) is 5.64. The van der Waals surface area contributed by atoms with Gasteiger partial charge in [0.25, 0.3) is 0 Å². The van der Waals surface area contributed by atoms with E-state index in [1.165, 1.54) is 18.7 Å². The summed E-state index contributed by atoms with van der Waals surface area (Å²) < 4.78 is 5.98. The van der Waals surface area contributed by atoms with Crippen molar-refractivity contribution < 1.29 is 4.42 Å². The smallest absolute Gasteiger partial charge is 0.120 e. The number of piperazine rings is 1. The van der Waals surface area contributed by atoms with Crippen LogP contribution >= 0.6 is 0 Å². The fourth-order valence-corrected chi connectivity index (χ4v) is 2.74. The highest BCUT2D eigenvalue weighted by molar-refractivity contribution is 5.20. The van der Waals surface area contributed by atoms with Crippen molar-refractivity contribution in [3.8, 4) is 0 Å². The fourth-order valence-electron chi connectivity index (χ4n) is 2.74. The first-order valence-electron chi connectivity index (χ1n) is 7.85. The summed E-state index contributed by atoms with van der Waals surface area (Å²) in [6.45, 7) is 16.2. The number of hydrogen-bond acceptors (Lipinski definition) is 4. The van der Waals surface area contributed by atoms with Gasteiger partial charge in [-0.25, -0.2) is 0 Å². The standard InChI is InChI=1S/C16H29N3O/c1-5-17-11-16-14(4)10-15(20-16)12-18-6-8-19(9-7-18)13(2)3/h10,13,17H,5-9,11-12H2,1-4H3. The van der Waals surface area contributed by atoms with Gasteiger partial charge >= 0.3 is 0 Å². The molecule has 1 aliphatic heterocycles. The third-order valence-corrected chi connectivity index (χ3v) is 4.12. The van der Waals surface area contributed by atoms with Crippen LogP contribution in [0.15, 0.2) is 10.5 Å². The third-order valence-electron chi connectivity index (χ3n) is 4.12. The second kappa shape index (κ2) is 7.25. The Hall–Kier alpha value is -0.840. The molecule has 1 N–H and O–H groups in total. The first-order valence-corrected chi connectivity index (χ1v) is 7.85. The first kappa shape index (κ1) is 15.5. The average molecular weight is 279 g/mol. The van der Waals surface area contributed by atoms with E-state index >= 15 is 0 Å². The van der Waals surface area contributed by atoms with Gasteiger partial charge in [0.2, 0.25) is 0 Å². The third kappa shape index (κ3) is 4.08. The van der Waals surface area contributed by atoms with Crippen molar-refractivity contribution in [2.24, 2.45) is 0 Å². The van der Waals surface area contributed by atoms with E-state index in [0.717, 1.165) is 44.2 Å². The van der Waals surface area contributed by atoms with E-state index in [-0.39, 0.29) is 0 Å². The maximum absolute atomic E-state index is 5.98. The predicted octanol–water partition coefficient (Wildman–Crippen LogP) is 2.22. The van der Waals surface area contributed by atoms with Crippen LogP contribution in [0, 0.1) is 6.92 Å². The van der Waals surface area contributed by atoms with Gasteiger partial charge in [-0.2, -0.15) is 0 Å². The molecule has 0 saturated carbocycles. The molecule has 1 saturated heterocycles. The van der Waals surface area contributed by atoms with E-state index in [1.807, 2.05) is 0 Å². The number of nitrogens with zero attached hydrogens (tertiary/aromatic N) is 2. The largest absolute Gasteiger partial charge is 0.463 e. The van der Waals surface area contributed by atoms with Crippen molar-refractivity contribution in [2.45, 2.75) is 46.8 Å². The normalized spacial score (nSPS) is 18.1. The molecule has 0 radical (unpaired) electrons. The molecule has 0 aromatic carbocycles. The van der Waals surface area contributed by atoms with Crippen molar-refractivity contribution in [3.63, 3.8) is 0 Å². The average Bonchev–Trinajstić information content (AvgIpc) is 2.77. The summed E-state index contributed by atoms with van der Waals surface area (Å²) >= 11 is 0. The maximum atomic E-state index is 5.98. The molecule has 2 heterocycles. The highest BCUT2D eigenvalue weighted by atomic mass is 16.3. The Morgan fingerprint density at radius 2 is 1.95 bits per heavy atom. The minimum atomic E-state index is 0.662. The van der Waals surface area contributed by atoms with Crippen LogP contribution in [-0.4, -0.2) is 48.6 Å². The van der Waals surface area contributed by atoms with Gasteiger partial charge in [-0.15, -0.1) is 0 Å². The lowest BCUT2D eigenvalue weighted by Crippen LogP contribution is -2.48. The molecule has 0 bridgehead atoms. The van der Waals surface area contributed by atoms with E-state index in [1.54, 1.807) is 0 Å². The van der Waals surface area contributed by atoms with Crippen LogP contribution in [0.25, 0.3) is 0 Å². The van der Waals surface area contributed by atoms with E-state index in [9.17, 15) is 0 Å². The van der Waals surface area contributed by atoms with Gasteiger partial charge in [0.05, 0.1) is 13.1 Å². The molecule has 1 aromatic heterocycles. The minimum absolute atomic E-state index is 0.662. The predicted molar refractivity (Wildman–Crippen MR) is 82.8 cm³/mol. The van der Waals surface area contributed by atoms with Gasteiger partial charge in [-0.1, -0.05) is 6.92 Å². The van der Waals surface area contributed by atoms with Gasteiger partial charge in [0, 0.05) is 32.2 Å². The fraction of sp³-hybridized carbons (Fsp3) is 0.750. The topological polar surface area (TPSA) is 31.7 Å². The van der Waals surface area contributed by atoms with Crippen LogP contribution in [0.4, 0.5) is 0 Å². The van der Waals surface area contributed by atoms with Crippen molar-refractivity contribution in [2.75, 3.05) is 32.7 Å². The van der Waals surface area contributed by atoms with Gasteiger partial charge < -0.3 is 9.73 Å². The Bertz CT molecular complexity index is 406. The molecule has 0 atom stereocenters. The van der Waals surface area contributed by atoms with Crippen molar-refractivity contribution in [1.29, 1.82) is 0 Å². The minimum Gasteiger partial charge on any atom is -0.463 e. The summed E-state index contributed by atoms with van der Waals surface area (Å²) in [6, 6.07) is 2.86. The Labute approximate surface area is 123 Å². The van der Waals surface area contributed by atoms with Gasteiger partial charge in [-0.3, -0.25) is 9.80 Å². The second-order valence-electron chi connectivity index (χ2n) is 6.01. The lowest BCUT2D eigenvalue weighted by atomic mass is 10.2. The van der Waals surface area contributed by atoms with Crippen LogP contribution in [0.5, 0.6) is 0 Å². The zero-order valence-corrected chi connectivity index (χ0v) is 13.4. The summed E-state index contributed by atoms with van der Waals surface area (Å²) in [4.78, 5) is 5.04. The van der Waals surface area contributed by atoms with Crippen LogP contribution < -0.4 is 5.32 Å². The molecule has 20 heavy (non-hydrogen) atoms. The Morgan fingerprint density at radius 1 is 1.25 bits per heavy atom. The highest BCUT2D eigenvalue weighted by Crippen LogP contribution is 2.17. The van der Waals surface area contributed by atoms with Gasteiger partial charge in [0.1, 0.15) is 11.5 Å². The number of rotatable bonds is 6. The van der Waals surface area contributed by atoms with E-state index in [4.69, 9.17) is 4.42 Å². The molecule has 0 aliphatic carbocycles.